The van der Waals surface area contributed by atoms with Gasteiger partial charge >= 0.3 is 5.97 Å². The summed E-state index contributed by atoms with van der Waals surface area (Å²) in [5, 5.41) is 4.93. The van der Waals surface area contributed by atoms with Crippen LogP contribution in [0.3, 0.4) is 0 Å². The number of fused-ring (bicyclic) bond motifs is 1. The number of amides is 1. The molecule has 0 saturated heterocycles. The van der Waals surface area contributed by atoms with Crippen molar-refractivity contribution in [3.63, 3.8) is 0 Å². The Balaban J connectivity index is 1.59. The fourth-order valence-corrected chi connectivity index (χ4v) is 2.90. The molecule has 1 N–H and O–H groups in total. The number of hydrogen-bond acceptors (Lipinski definition) is 3. The Morgan fingerprint density at radius 3 is 2.31 bits per heavy atom. The van der Waals surface area contributed by atoms with E-state index in [-0.39, 0.29) is 11.9 Å². The Hall–Kier alpha value is -3.14. The van der Waals surface area contributed by atoms with Crippen molar-refractivity contribution in [2.75, 3.05) is 0 Å². The molecule has 0 spiro atoms. The summed E-state index contributed by atoms with van der Waals surface area (Å²) in [4.78, 5) is 25.3. The standard InChI is InChI=1S/C22H19NO3/c24-21(23-19-12-13-19)20(16-7-2-1-3-8-16)26-22(25)18-11-10-15-6-4-5-9-17(15)14-18/h1-11,14,19-20H,12-13H2,(H,23,24)/t20-/m0/s1. The van der Waals surface area contributed by atoms with Gasteiger partial charge in [0.2, 0.25) is 6.10 Å². The van der Waals surface area contributed by atoms with E-state index in [4.69, 9.17) is 4.74 Å². The second kappa shape index (κ2) is 7.00. The van der Waals surface area contributed by atoms with Gasteiger partial charge in [-0.3, -0.25) is 4.79 Å². The molecule has 130 valence electrons. The van der Waals surface area contributed by atoms with Gasteiger partial charge in [-0.1, -0.05) is 60.7 Å². The maximum absolute atomic E-state index is 12.7. The lowest BCUT2D eigenvalue weighted by molar-refractivity contribution is -0.130. The molecule has 1 aliphatic carbocycles. The van der Waals surface area contributed by atoms with E-state index in [1.54, 1.807) is 24.3 Å². The van der Waals surface area contributed by atoms with E-state index in [0.717, 1.165) is 23.6 Å². The molecule has 4 heteroatoms. The van der Waals surface area contributed by atoms with E-state index in [9.17, 15) is 9.59 Å². The lowest BCUT2D eigenvalue weighted by Gasteiger charge is -2.18. The monoisotopic (exact) mass is 345 g/mol. The molecule has 1 fully saturated rings. The third kappa shape index (κ3) is 3.59. The molecule has 0 unspecified atom stereocenters. The maximum Gasteiger partial charge on any atom is 0.339 e. The summed E-state index contributed by atoms with van der Waals surface area (Å²) in [7, 11) is 0. The number of hydrogen-bond donors (Lipinski definition) is 1. The molecule has 0 aromatic heterocycles. The smallest absolute Gasteiger partial charge is 0.339 e. The zero-order chi connectivity index (χ0) is 17.9. The molecule has 26 heavy (non-hydrogen) atoms. The van der Waals surface area contributed by atoms with Gasteiger partial charge in [-0.25, -0.2) is 4.79 Å². The van der Waals surface area contributed by atoms with Gasteiger partial charge in [-0.15, -0.1) is 0 Å². The normalized spacial score (nSPS) is 14.6. The van der Waals surface area contributed by atoms with Crippen molar-refractivity contribution in [1.29, 1.82) is 0 Å². The van der Waals surface area contributed by atoms with Crippen LogP contribution < -0.4 is 5.32 Å². The predicted octanol–water partition coefficient (Wildman–Crippen LogP) is 4.02. The molecule has 1 atom stereocenters. The molecule has 0 radical (unpaired) electrons. The maximum atomic E-state index is 12.7. The van der Waals surface area contributed by atoms with Gasteiger partial charge in [0, 0.05) is 11.6 Å². The van der Waals surface area contributed by atoms with Crippen LogP contribution in [-0.2, 0) is 9.53 Å². The Morgan fingerprint density at radius 1 is 0.885 bits per heavy atom. The molecule has 0 heterocycles. The molecule has 4 nitrogen and oxygen atoms in total. The number of carbonyl (C=O) groups is 2. The van der Waals surface area contributed by atoms with Crippen molar-refractivity contribution >= 4 is 22.6 Å². The molecule has 4 rings (SSSR count). The highest BCUT2D eigenvalue weighted by atomic mass is 16.5. The van der Waals surface area contributed by atoms with Gasteiger partial charge in [0.05, 0.1) is 5.56 Å². The number of ether oxygens (including phenoxy) is 1. The fraction of sp³-hybridized carbons (Fsp3) is 0.182. The lowest BCUT2D eigenvalue weighted by atomic mass is 10.1. The molecule has 1 amide bonds. The van der Waals surface area contributed by atoms with Crippen LogP contribution >= 0.6 is 0 Å². The molecule has 0 aliphatic heterocycles. The van der Waals surface area contributed by atoms with E-state index >= 15 is 0 Å². The van der Waals surface area contributed by atoms with Crippen LogP contribution in [-0.4, -0.2) is 17.9 Å². The first-order chi connectivity index (χ1) is 12.7. The summed E-state index contributed by atoms with van der Waals surface area (Å²) in [5.41, 5.74) is 1.10. The van der Waals surface area contributed by atoms with E-state index in [2.05, 4.69) is 5.32 Å². The van der Waals surface area contributed by atoms with E-state index in [1.165, 1.54) is 0 Å². The second-order valence-electron chi connectivity index (χ2n) is 6.54. The molecule has 1 saturated carbocycles. The largest absolute Gasteiger partial charge is 0.444 e. The number of nitrogens with one attached hydrogen (secondary N) is 1. The van der Waals surface area contributed by atoms with Crippen molar-refractivity contribution in [2.24, 2.45) is 0 Å². The Morgan fingerprint density at radius 2 is 1.58 bits per heavy atom. The molecule has 3 aromatic rings. The summed E-state index contributed by atoms with van der Waals surface area (Å²) in [5.74, 6) is -0.775. The zero-order valence-corrected chi connectivity index (χ0v) is 14.2. The highest BCUT2D eigenvalue weighted by Crippen LogP contribution is 2.25. The SMILES string of the molecule is O=C(O[C@H](C(=O)NC1CC1)c1ccccc1)c1ccc2ccccc2c1. The van der Waals surface area contributed by atoms with Crippen LogP contribution in [0.15, 0.2) is 72.8 Å². The molecule has 0 bridgehead atoms. The molecule has 1 aliphatic rings. The third-order valence-electron chi connectivity index (χ3n) is 4.47. The minimum atomic E-state index is -0.948. The van der Waals surface area contributed by atoms with Gasteiger partial charge in [-0.05, 0) is 35.7 Å². The van der Waals surface area contributed by atoms with Crippen LogP contribution in [0.25, 0.3) is 10.8 Å². The van der Waals surface area contributed by atoms with Crippen molar-refractivity contribution in [3.8, 4) is 0 Å². The zero-order valence-electron chi connectivity index (χ0n) is 14.2. The fourth-order valence-electron chi connectivity index (χ4n) is 2.90. The Labute approximate surface area is 151 Å². The average Bonchev–Trinajstić information content (AvgIpc) is 3.50. The number of carbonyl (C=O) groups excluding carboxylic acids is 2. The molecular formula is C22H19NO3. The van der Waals surface area contributed by atoms with Gasteiger partial charge in [0.1, 0.15) is 0 Å². The average molecular weight is 345 g/mol. The summed E-state index contributed by atoms with van der Waals surface area (Å²) < 4.78 is 5.61. The highest BCUT2D eigenvalue weighted by Gasteiger charge is 2.31. The number of rotatable bonds is 5. The summed E-state index contributed by atoms with van der Waals surface area (Å²) in [6.07, 6.45) is 1.01. The predicted molar refractivity (Wildman–Crippen MR) is 99.7 cm³/mol. The van der Waals surface area contributed by atoms with Crippen molar-refractivity contribution in [2.45, 2.75) is 25.0 Å². The van der Waals surface area contributed by atoms with Crippen LogP contribution in [0.2, 0.25) is 0 Å². The van der Waals surface area contributed by atoms with Crippen LogP contribution in [0, 0.1) is 0 Å². The first kappa shape index (κ1) is 16.3. The second-order valence-corrected chi connectivity index (χ2v) is 6.54. The Kier molecular flexibility index (Phi) is 4.40. The van der Waals surface area contributed by atoms with Crippen LogP contribution in [0.4, 0.5) is 0 Å². The molecule has 3 aromatic carbocycles. The van der Waals surface area contributed by atoms with E-state index in [1.807, 2.05) is 48.5 Å². The number of benzene rings is 3. The summed E-state index contributed by atoms with van der Waals surface area (Å²) in [6.45, 7) is 0. The van der Waals surface area contributed by atoms with Gasteiger partial charge in [0.15, 0.2) is 0 Å². The van der Waals surface area contributed by atoms with Gasteiger partial charge in [0.25, 0.3) is 5.91 Å². The van der Waals surface area contributed by atoms with Crippen molar-refractivity contribution in [3.05, 3.63) is 83.9 Å². The van der Waals surface area contributed by atoms with Gasteiger partial charge < -0.3 is 10.1 Å². The minimum Gasteiger partial charge on any atom is -0.444 e. The first-order valence-electron chi connectivity index (χ1n) is 8.76. The third-order valence-corrected chi connectivity index (χ3v) is 4.47. The van der Waals surface area contributed by atoms with E-state index < -0.39 is 12.1 Å². The van der Waals surface area contributed by atoms with Crippen molar-refractivity contribution < 1.29 is 14.3 Å². The first-order valence-corrected chi connectivity index (χ1v) is 8.76. The topological polar surface area (TPSA) is 55.4 Å². The minimum absolute atomic E-state index is 0.202. The summed E-state index contributed by atoms with van der Waals surface area (Å²) in [6, 6.07) is 22.5. The van der Waals surface area contributed by atoms with Crippen molar-refractivity contribution in [1.82, 2.24) is 5.32 Å². The van der Waals surface area contributed by atoms with Gasteiger partial charge in [-0.2, -0.15) is 0 Å². The van der Waals surface area contributed by atoms with Crippen LogP contribution in [0.1, 0.15) is 34.9 Å². The van der Waals surface area contributed by atoms with Crippen LogP contribution in [0.5, 0.6) is 0 Å². The lowest BCUT2D eigenvalue weighted by Crippen LogP contribution is -2.33. The Bertz CT molecular complexity index is 948. The highest BCUT2D eigenvalue weighted by molar-refractivity contribution is 5.97. The van der Waals surface area contributed by atoms with E-state index in [0.29, 0.717) is 11.1 Å². The molecular weight excluding hydrogens is 326 g/mol. The summed E-state index contributed by atoms with van der Waals surface area (Å²) >= 11 is 0. The quantitative estimate of drug-likeness (QED) is 0.711. The number of esters is 1.